The Balaban J connectivity index is 2.23. The lowest BCUT2D eigenvalue weighted by atomic mass is 10.1. The van der Waals surface area contributed by atoms with Crippen molar-refractivity contribution >= 4 is 5.69 Å². The van der Waals surface area contributed by atoms with E-state index in [0.717, 1.165) is 18.2 Å². The predicted octanol–water partition coefficient (Wildman–Crippen LogP) is 2.73. The van der Waals surface area contributed by atoms with Crippen molar-refractivity contribution in [2.75, 3.05) is 18.5 Å². The first-order valence-corrected chi connectivity index (χ1v) is 5.76. The monoisotopic (exact) mass is 223 g/mol. The quantitative estimate of drug-likeness (QED) is 0.848. The summed E-state index contributed by atoms with van der Waals surface area (Å²) in [5.74, 6) is 0.483. The minimum Gasteiger partial charge on any atom is -0.389 e. The zero-order chi connectivity index (χ0) is 11.7. The Morgan fingerprint density at radius 2 is 2.19 bits per heavy atom. The number of aliphatic hydroxyl groups excluding tert-OH is 1. The molecule has 88 valence electrons. The highest BCUT2D eigenvalue weighted by molar-refractivity contribution is 5.54. The molecule has 0 spiro atoms. The first-order valence-electron chi connectivity index (χ1n) is 5.76. The molecule has 0 bridgehead atoms. The Morgan fingerprint density at radius 1 is 1.50 bits per heavy atom. The minimum atomic E-state index is -0.632. The van der Waals surface area contributed by atoms with Crippen LogP contribution in [0.3, 0.4) is 0 Å². The highest BCUT2D eigenvalue weighted by Gasteiger charge is 2.24. The van der Waals surface area contributed by atoms with E-state index in [1.54, 1.807) is 13.0 Å². The fourth-order valence-electron chi connectivity index (χ4n) is 1.99. The number of rotatable bonds is 4. The van der Waals surface area contributed by atoms with Crippen molar-refractivity contribution in [1.82, 2.24) is 0 Å². The van der Waals surface area contributed by atoms with E-state index in [4.69, 9.17) is 0 Å². The van der Waals surface area contributed by atoms with Gasteiger partial charge in [0.1, 0.15) is 5.82 Å². The molecular weight excluding hydrogens is 205 g/mol. The van der Waals surface area contributed by atoms with Gasteiger partial charge in [-0.1, -0.05) is 0 Å². The molecule has 16 heavy (non-hydrogen) atoms. The fraction of sp³-hybridized carbons (Fsp3) is 0.538. The first kappa shape index (κ1) is 11.4. The van der Waals surface area contributed by atoms with Gasteiger partial charge in [-0.15, -0.1) is 0 Å². The van der Waals surface area contributed by atoms with Gasteiger partial charge in [0, 0.05) is 24.8 Å². The third kappa shape index (κ3) is 2.53. The number of nitrogens with zero attached hydrogens (tertiary/aromatic N) is 1. The lowest BCUT2D eigenvalue weighted by Crippen LogP contribution is -2.21. The lowest BCUT2D eigenvalue weighted by Gasteiger charge is -2.23. The maximum Gasteiger partial charge on any atom is 0.123 e. The molecule has 0 saturated heterocycles. The van der Waals surface area contributed by atoms with Crippen LogP contribution in [0.2, 0.25) is 0 Å². The molecule has 2 nitrogen and oxygen atoms in total. The summed E-state index contributed by atoms with van der Waals surface area (Å²) in [4.78, 5) is 2.11. The predicted molar refractivity (Wildman–Crippen MR) is 63.0 cm³/mol. The van der Waals surface area contributed by atoms with Gasteiger partial charge in [-0.25, -0.2) is 4.39 Å². The molecule has 1 atom stereocenters. The van der Waals surface area contributed by atoms with Gasteiger partial charge in [0.05, 0.1) is 6.10 Å². The van der Waals surface area contributed by atoms with E-state index < -0.39 is 6.10 Å². The Bertz CT molecular complexity index is 374. The highest BCUT2D eigenvalue weighted by atomic mass is 19.1. The van der Waals surface area contributed by atoms with Crippen LogP contribution < -0.4 is 4.90 Å². The van der Waals surface area contributed by atoms with Gasteiger partial charge in [0.25, 0.3) is 0 Å². The smallest absolute Gasteiger partial charge is 0.123 e. The summed E-state index contributed by atoms with van der Waals surface area (Å²) in [5.41, 5.74) is 1.60. The number of benzene rings is 1. The molecule has 0 aliphatic heterocycles. The van der Waals surface area contributed by atoms with Gasteiger partial charge >= 0.3 is 0 Å². The molecule has 0 aromatic heterocycles. The molecule has 0 heterocycles. The lowest BCUT2D eigenvalue weighted by molar-refractivity contribution is 0.199. The van der Waals surface area contributed by atoms with Gasteiger partial charge in [-0.2, -0.15) is 0 Å². The van der Waals surface area contributed by atoms with Crippen LogP contribution in [0.4, 0.5) is 10.1 Å². The zero-order valence-electron chi connectivity index (χ0n) is 9.78. The second kappa shape index (κ2) is 4.42. The van der Waals surface area contributed by atoms with Crippen molar-refractivity contribution in [2.24, 2.45) is 5.92 Å². The third-order valence-electron chi connectivity index (χ3n) is 3.08. The molecule has 0 amide bonds. The van der Waals surface area contributed by atoms with Gasteiger partial charge in [0.15, 0.2) is 0 Å². The zero-order valence-corrected chi connectivity index (χ0v) is 9.78. The van der Waals surface area contributed by atoms with E-state index in [-0.39, 0.29) is 5.82 Å². The van der Waals surface area contributed by atoms with E-state index in [1.807, 2.05) is 7.05 Å². The van der Waals surface area contributed by atoms with Crippen LogP contribution in [0.1, 0.15) is 31.4 Å². The van der Waals surface area contributed by atoms with Gasteiger partial charge in [-0.3, -0.25) is 0 Å². The van der Waals surface area contributed by atoms with Crippen LogP contribution in [0.5, 0.6) is 0 Å². The summed E-state index contributed by atoms with van der Waals surface area (Å²) < 4.78 is 13.1. The Hall–Kier alpha value is -1.09. The van der Waals surface area contributed by atoms with Crippen molar-refractivity contribution < 1.29 is 9.50 Å². The second-order valence-electron chi connectivity index (χ2n) is 4.70. The number of anilines is 1. The average Bonchev–Trinajstić information content (AvgIpc) is 3.01. The molecular formula is C13H18FNO. The van der Waals surface area contributed by atoms with Crippen molar-refractivity contribution in [1.29, 1.82) is 0 Å². The summed E-state index contributed by atoms with van der Waals surface area (Å²) in [6.45, 7) is 2.66. The number of aliphatic hydroxyl groups is 1. The van der Waals surface area contributed by atoms with Gasteiger partial charge < -0.3 is 10.0 Å². The normalized spacial score (nSPS) is 17.2. The number of hydrogen-bond acceptors (Lipinski definition) is 2. The molecule has 0 unspecified atom stereocenters. The Kier molecular flexibility index (Phi) is 3.15. The second-order valence-corrected chi connectivity index (χ2v) is 4.70. The molecule has 1 aliphatic rings. The number of halogens is 1. The Morgan fingerprint density at radius 3 is 2.75 bits per heavy atom. The molecule has 1 N–H and O–H groups in total. The van der Waals surface area contributed by atoms with Crippen LogP contribution in [0.25, 0.3) is 0 Å². The summed E-state index contributed by atoms with van der Waals surface area (Å²) in [7, 11) is 2.00. The highest BCUT2D eigenvalue weighted by Crippen LogP contribution is 2.33. The first-order chi connectivity index (χ1) is 7.58. The molecule has 1 aromatic carbocycles. The van der Waals surface area contributed by atoms with Crippen LogP contribution in [0, 0.1) is 11.7 Å². The largest absolute Gasteiger partial charge is 0.389 e. The summed E-state index contributed by atoms with van der Waals surface area (Å²) in [6, 6.07) is 4.62. The minimum absolute atomic E-state index is 0.292. The summed E-state index contributed by atoms with van der Waals surface area (Å²) in [6.07, 6.45) is 1.94. The van der Waals surface area contributed by atoms with Crippen molar-refractivity contribution in [3.05, 3.63) is 29.6 Å². The van der Waals surface area contributed by atoms with Crippen LogP contribution >= 0.6 is 0 Å². The van der Waals surface area contributed by atoms with Crippen LogP contribution in [-0.4, -0.2) is 18.7 Å². The molecule has 1 fully saturated rings. The van der Waals surface area contributed by atoms with Crippen molar-refractivity contribution in [2.45, 2.75) is 25.9 Å². The maximum atomic E-state index is 13.1. The van der Waals surface area contributed by atoms with Crippen molar-refractivity contribution in [3.63, 3.8) is 0 Å². The molecule has 1 saturated carbocycles. The van der Waals surface area contributed by atoms with E-state index in [1.165, 1.54) is 25.0 Å². The maximum absolute atomic E-state index is 13.1. The molecule has 0 radical (unpaired) electrons. The van der Waals surface area contributed by atoms with E-state index in [0.29, 0.717) is 5.56 Å². The molecule has 1 aromatic rings. The van der Waals surface area contributed by atoms with Gasteiger partial charge in [-0.05, 0) is 43.9 Å². The SMILES string of the molecule is C[C@H](O)c1cc(F)ccc1N(C)CC1CC1. The van der Waals surface area contributed by atoms with Crippen molar-refractivity contribution in [3.8, 4) is 0 Å². The molecule has 2 rings (SSSR count). The van der Waals surface area contributed by atoms with E-state index >= 15 is 0 Å². The van der Waals surface area contributed by atoms with E-state index in [2.05, 4.69) is 4.90 Å². The molecule has 1 aliphatic carbocycles. The summed E-state index contributed by atoms with van der Waals surface area (Å²) in [5, 5.41) is 9.63. The summed E-state index contributed by atoms with van der Waals surface area (Å²) >= 11 is 0. The standard InChI is InChI=1S/C13H18FNO/c1-9(16)12-7-11(14)5-6-13(12)15(2)8-10-3-4-10/h5-7,9-10,16H,3-4,8H2,1-2H3/t9-/m0/s1. The number of hydrogen-bond donors (Lipinski definition) is 1. The van der Waals surface area contributed by atoms with Gasteiger partial charge in [0.2, 0.25) is 0 Å². The third-order valence-corrected chi connectivity index (χ3v) is 3.08. The molecule has 3 heteroatoms. The fourth-order valence-corrected chi connectivity index (χ4v) is 1.99. The average molecular weight is 223 g/mol. The van der Waals surface area contributed by atoms with E-state index in [9.17, 15) is 9.50 Å². The van der Waals surface area contributed by atoms with Crippen LogP contribution in [0.15, 0.2) is 18.2 Å². The Labute approximate surface area is 95.7 Å². The van der Waals surface area contributed by atoms with Crippen LogP contribution in [-0.2, 0) is 0 Å². The topological polar surface area (TPSA) is 23.5 Å².